The lowest BCUT2D eigenvalue weighted by Gasteiger charge is -2.05. The zero-order valence-electron chi connectivity index (χ0n) is 15.0. The number of esters is 1. The van der Waals surface area contributed by atoms with Gasteiger partial charge in [-0.3, -0.25) is 24.9 Å². The van der Waals surface area contributed by atoms with Gasteiger partial charge in [-0.05, 0) is 24.3 Å². The predicted octanol–water partition coefficient (Wildman–Crippen LogP) is 0.573. The van der Waals surface area contributed by atoms with E-state index in [1.54, 1.807) is 24.6 Å². The first-order valence-electron chi connectivity index (χ1n) is 8.06. The number of aromatic amines is 2. The van der Waals surface area contributed by atoms with Crippen molar-refractivity contribution in [2.24, 2.45) is 0 Å². The van der Waals surface area contributed by atoms with E-state index in [1.165, 1.54) is 11.3 Å². The van der Waals surface area contributed by atoms with Gasteiger partial charge in [0.2, 0.25) is 0 Å². The fourth-order valence-corrected chi connectivity index (χ4v) is 2.98. The fourth-order valence-electron chi connectivity index (χ4n) is 2.24. The minimum atomic E-state index is -1.11. The van der Waals surface area contributed by atoms with Crippen LogP contribution in [0.25, 0.3) is 11.3 Å². The van der Waals surface area contributed by atoms with E-state index in [1.807, 2.05) is 17.1 Å². The molecule has 0 aliphatic rings. The van der Waals surface area contributed by atoms with E-state index in [2.05, 4.69) is 15.3 Å². The molecule has 29 heavy (non-hydrogen) atoms. The van der Waals surface area contributed by atoms with Crippen molar-refractivity contribution >= 4 is 34.0 Å². The number of nitrogens with two attached hydrogens (primary N) is 1. The van der Waals surface area contributed by atoms with E-state index >= 15 is 0 Å². The number of benzene rings is 1. The molecule has 150 valence electrons. The molecule has 0 aliphatic heterocycles. The predicted molar refractivity (Wildman–Crippen MR) is 105 cm³/mol. The van der Waals surface area contributed by atoms with Gasteiger partial charge in [0, 0.05) is 10.9 Å². The van der Waals surface area contributed by atoms with Crippen molar-refractivity contribution < 1.29 is 19.1 Å². The molecule has 1 aromatic carbocycles. The van der Waals surface area contributed by atoms with Gasteiger partial charge >= 0.3 is 11.7 Å². The Morgan fingerprint density at radius 3 is 2.62 bits per heavy atom. The zero-order chi connectivity index (χ0) is 21.0. The number of ether oxygens (including phenoxy) is 2. The van der Waals surface area contributed by atoms with Gasteiger partial charge in [0.15, 0.2) is 17.4 Å². The first-order valence-corrected chi connectivity index (χ1v) is 8.94. The standard InChI is InChI=1S/C17H15N5O6S/c1-27-9-4-2-8(3-5-9)10-7-29-17(19-10)20-11(23)6-28-15(25)13-12(18)14(24)22-16(26)21-13/h2-5,7H,6,18H2,1H3,(H,19,20,23)(H2,21,22,24,26). The molecule has 0 atom stereocenters. The number of anilines is 2. The number of aromatic nitrogens is 3. The number of carbonyl (C=O) groups excluding carboxylic acids is 2. The van der Waals surface area contributed by atoms with Crippen LogP contribution in [-0.2, 0) is 9.53 Å². The third-order valence-corrected chi connectivity index (χ3v) is 4.41. The van der Waals surface area contributed by atoms with Crippen molar-refractivity contribution in [1.82, 2.24) is 15.0 Å². The van der Waals surface area contributed by atoms with Crippen LogP contribution in [-0.4, -0.2) is 40.5 Å². The summed E-state index contributed by atoms with van der Waals surface area (Å²) in [5.74, 6) is -1.06. The lowest BCUT2D eigenvalue weighted by atomic mass is 10.2. The molecule has 3 rings (SSSR count). The summed E-state index contributed by atoms with van der Waals surface area (Å²) in [5.41, 5.74) is 4.02. The molecular weight excluding hydrogens is 402 g/mol. The summed E-state index contributed by atoms with van der Waals surface area (Å²) in [4.78, 5) is 54.8. The van der Waals surface area contributed by atoms with E-state index < -0.39 is 41.1 Å². The monoisotopic (exact) mass is 417 g/mol. The number of nitrogen functional groups attached to an aromatic ring is 1. The van der Waals surface area contributed by atoms with E-state index in [0.29, 0.717) is 16.6 Å². The number of hydrogen-bond acceptors (Lipinski definition) is 9. The molecular formula is C17H15N5O6S. The van der Waals surface area contributed by atoms with Crippen molar-refractivity contribution in [3.63, 3.8) is 0 Å². The van der Waals surface area contributed by atoms with Crippen molar-refractivity contribution in [3.05, 3.63) is 56.2 Å². The molecule has 2 aromatic heterocycles. The molecule has 5 N–H and O–H groups in total. The van der Waals surface area contributed by atoms with Crippen LogP contribution in [0.15, 0.2) is 39.2 Å². The maximum Gasteiger partial charge on any atom is 0.357 e. The normalized spacial score (nSPS) is 10.4. The quantitative estimate of drug-likeness (QED) is 0.422. The fraction of sp³-hybridized carbons (Fsp3) is 0.118. The highest BCUT2D eigenvalue weighted by Gasteiger charge is 2.17. The van der Waals surface area contributed by atoms with Gasteiger partial charge in [-0.15, -0.1) is 11.3 Å². The number of carbonyl (C=O) groups is 2. The molecule has 2 heterocycles. The number of H-pyrrole nitrogens is 2. The van der Waals surface area contributed by atoms with E-state index in [4.69, 9.17) is 15.2 Å². The molecule has 0 spiro atoms. The van der Waals surface area contributed by atoms with Gasteiger partial charge in [-0.25, -0.2) is 14.6 Å². The number of nitrogens with one attached hydrogen (secondary N) is 3. The van der Waals surface area contributed by atoms with Gasteiger partial charge in [0.1, 0.15) is 11.4 Å². The van der Waals surface area contributed by atoms with Crippen LogP contribution in [0.4, 0.5) is 10.8 Å². The van der Waals surface area contributed by atoms with Crippen molar-refractivity contribution in [1.29, 1.82) is 0 Å². The van der Waals surface area contributed by atoms with E-state index in [-0.39, 0.29) is 0 Å². The summed E-state index contributed by atoms with van der Waals surface area (Å²) in [6.07, 6.45) is 0. The molecule has 0 bridgehead atoms. The van der Waals surface area contributed by atoms with Gasteiger partial charge in [-0.2, -0.15) is 0 Å². The van der Waals surface area contributed by atoms with Crippen LogP contribution in [0.5, 0.6) is 5.75 Å². The largest absolute Gasteiger partial charge is 0.497 e. The molecule has 1 amide bonds. The summed E-state index contributed by atoms with van der Waals surface area (Å²) in [6, 6.07) is 7.23. The van der Waals surface area contributed by atoms with E-state index in [9.17, 15) is 19.2 Å². The molecule has 0 radical (unpaired) electrons. The highest BCUT2D eigenvalue weighted by Crippen LogP contribution is 2.26. The Hall–Kier alpha value is -3.93. The van der Waals surface area contributed by atoms with Crippen molar-refractivity contribution in [2.75, 3.05) is 24.8 Å². The minimum Gasteiger partial charge on any atom is -0.497 e. The molecule has 12 heteroatoms. The summed E-state index contributed by atoms with van der Waals surface area (Å²) in [6.45, 7) is -0.662. The third-order valence-electron chi connectivity index (χ3n) is 3.65. The number of amides is 1. The minimum absolute atomic E-state index is 0.306. The molecule has 0 aliphatic carbocycles. The maximum absolute atomic E-state index is 12.0. The Labute approximate surface area is 166 Å². The van der Waals surface area contributed by atoms with Gasteiger partial charge in [0.05, 0.1) is 12.8 Å². The lowest BCUT2D eigenvalue weighted by molar-refractivity contribution is -0.119. The van der Waals surface area contributed by atoms with Gasteiger partial charge in [0.25, 0.3) is 11.5 Å². The van der Waals surface area contributed by atoms with Crippen LogP contribution in [0.2, 0.25) is 0 Å². The van der Waals surface area contributed by atoms with Crippen LogP contribution < -0.4 is 27.0 Å². The van der Waals surface area contributed by atoms with Crippen LogP contribution in [0.1, 0.15) is 10.5 Å². The first kappa shape index (κ1) is 19.8. The Bertz CT molecular complexity index is 1160. The Morgan fingerprint density at radius 2 is 1.93 bits per heavy atom. The molecule has 11 nitrogen and oxygen atoms in total. The molecule has 0 saturated carbocycles. The highest BCUT2D eigenvalue weighted by molar-refractivity contribution is 7.14. The van der Waals surface area contributed by atoms with Gasteiger partial charge in [-0.1, -0.05) is 0 Å². The average Bonchev–Trinajstić information content (AvgIpc) is 3.17. The Morgan fingerprint density at radius 1 is 1.21 bits per heavy atom. The molecule has 3 aromatic rings. The second kappa shape index (κ2) is 8.39. The number of rotatable bonds is 6. The SMILES string of the molecule is COc1ccc(-c2csc(NC(=O)COC(=O)c3[nH]c(=O)[nH]c(=O)c3N)n2)cc1. The summed E-state index contributed by atoms with van der Waals surface area (Å²) >= 11 is 1.19. The smallest absolute Gasteiger partial charge is 0.357 e. The Kier molecular flexibility index (Phi) is 5.74. The number of nitrogens with zero attached hydrogens (tertiary/aromatic N) is 1. The third kappa shape index (κ3) is 4.68. The van der Waals surface area contributed by atoms with Gasteiger partial charge < -0.3 is 15.2 Å². The van der Waals surface area contributed by atoms with E-state index in [0.717, 1.165) is 5.56 Å². The summed E-state index contributed by atoms with van der Waals surface area (Å²) < 4.78 is 9.88. The molecule has 0 fully saturated rings. The van der Waals surface area contributed by atoms with Crippen LogP contribution in [0, 0.1) is 0 Å². The number of methoxy groups -OCH3 is 1. The second-order valence-corrected chi connectivity index (χ2v) is 6.45. The summed E-state index contributed by atoms with van der Waals surface area (Å²) in [5, 5.41) is 4.56. The summed E-state index contributed by atoms with van der Waals surface area (Å²) in [7, 11) is 1.57. The maximum atomic E-state index is 12.0. The topological polar surface area (TPSA) is 169 Å². The zero-order valence-corrected chi connectivity index (χ0v) is 15.8. The number of thiazole rings is 1. The average molecular weight is 417 g/mol. The van der Waals surface area contributed by atoms with Crippen molar-refractivity contribution in [2.45, 2.75) is 0 Å². The number of hydrogen-bond donors (Lipinski definition) is 4. The second-order valence-electron chi connectivity index (χ2n) is 5.59. The lowest BCUT2D eigenvalue weighted by Crippen LogP contribution is -2.30. The first-order chi connectivity index (χ1) is 13.9. The molecule has 0 saturated heterocycles. The van der Waals surface area contributed by atoms with Crippen LogP contribution in [0.3, 0.4) is 0 Å². The highest BCUT2D eigenvalue weighted by atomic mass is 32.1. The van der Waals surface area contributed by atoms with Crippen molar-refractivity contribution in [3.8, 4) is 17.0 Å². The molecule has 0 unspecified atom stereocenters. The van der Waals surface area contributed by atoms with Crippen LogP contribution >= 0.6 is 11.3 Å². The Balaban J connectivity index is 1.60.